The molecule has 1 aliphatic carbocycles. The third-order valence-electron chi connectivity index (χ3n) is 3.78. The summed E-state index contributed by atoms with van der Waals surface area (Å²) in [4.78, 5) is 2.70. The summed E-state index contributed by atoms with van der Waals surface area (Å²) in [6.07, 6.45) is 2.89. The molecule has 0 aromatic carbocycles. The van der Waals surface area contributed by atoms with E-state index < -0.39 is 0 Å². The molecule has 16 heavy (non-hydrogen) atoms. The summed E-state index contributed by atoms with van der Waals surface area (Å²) in [7, 11) is 0. The zero-order chi connectivity index (χ0) is 11.0. The van der Waals surface area contributed by atoms with Crippen molar-refractivity contribution in [2.24, 2.45) is 5.92 Å². The van der Waals surface area contributed by atoms with Crippen LogP contribution in [0.25, 0.3) is 0 Å². The zero-order valence-electron chi connectivity index (χ0n) is 9.86. The number of rotatable bonds is 3. The van der Waals surface area contributed by atoms with Crippen molar-refractivity contribution in [2.45, 2.75) is 38.4 Å². The van der Waals surface area contributed by atoms with Crippen molar-refractivity contribution in [3.63, 3.8) is 0 Å². The van der Waals surface area contributed by atoms with Crippen molar-refractivity contribution in [2.75, 3.05) is 13.1 Å². The minimum Gasteiger partial charge on any atom is -0.311 e. The first-order valence-corrected chi connectivity index (χ1v) is 7.26. The maximum Gasteiger partial charge on any atom is 0.0253 e. The van der Waals surface area contributed by atoms with E-state index in [1.807, 2.05) is 11.3 Å². The third-order valence-corrected chi connectivity index (χ3v) is 4.52. The summed E-state index contributed by atoms with van der Waals surface area (Å²) < 4.78 is 0. The van der Waals surface area contributed by atoms with Crippen molar-refractivity contribution in [1.29, 1.82) is 0 Å². The third kappa shape index (κ3) is 2.31. The van der Waals surface area contributed by atoms with Crippen LogP contribution < -0.4 is 5.32 Å². The van der Waals surface area contributed by atoms with Crippen LogP contribution in [0.5, 0.6) is 0 Å². The Morgan fingerprint density at radius 3 is 3.06 bits per heavy atom. The summed E-state index contributed by atoms with van der Waals surface area (Å²) in [5, 5.41) is 8.10. The summed E-state index contributed by atoms with van der Waals surface area (Å²) >= 11 is 1.81. The number of hydrogen-bond donors (Lipinski definition) is 1. The molecule has 2 unspecified atom stereocenters. The molecule has 1 aliphatic heterocycles. The van der Waals surface area contributed by atoms with E-state index in [9.17, 15) is 0 Å². The molecule has 2 aliphatic rings. The van der Waals surface area contributed by atoms with Crippen LogP contribution in [0.3, 0.4) is 0 Å². The van der Waals surface area contributed by atoms with Crippen LogP contribution in [0.1, 0.15) is 25.3 Å². The van der Waals surface area contributed by atoms with Crippen molar-refractivity contribution in [3.05, 3.63) is 22.4 Å². The Morgan fingerprint density at radius 2 is 2.38 bits per heavy atom. The summed E-state index contributed by atoms with van der Waals surface area (Å²) in [6.45, 7) is 5.84. The number of hydrogen-bond acceptors (Lipinski definition) is 3. The molecule has 0 radical (unpaired) electrons. The second-order valence-corrected chi connectivity index (χ2v) is 6.06. The van der Waals surface area contributed by atoms with Gasteiger partial charge in [-0.15, -0.1) is 0 Å². The van der Waals surface area contributed by atoms with Crippen LogP contribution in [0.2, 0.25) is 0 Å². The first-order valence-electron chi connectivity index (χ1n) is 6.31. The fraction of sp³-hybridized carbons (Fsp3) is 0.692. The molecule has 0 bridgehead atoms. The first kappa shape index (κ1) is 10.8. The quantitative estimate of drug-likeness (QED) is 0.866. The highest BCUT2D eigenvalue weighted by atomic mass is 32.1. The maximum absolute atomic E-state index is 3.62. The largest absolute Gasteiger partial charge is 0.311 e. The van der Waals surface area contributed by atoms with Gasteiger partial charge in [0.15, 0.2) is 0 Å². The Balaban J connectivity index is 1.68. The molecule has 0 amide bonds. The molecular formula is C13H20N2S. The molecule has 2 nitrogen and oxygen atoms in total. The minimum absolute atomic E-state index is 0.647. The fourth-order valence-corrected chi connectivity index (χ4v) is 3.41. The van der Waals surface area contributed by atoms with Gasteiger partial charge in [0, 0.05) is 31.7 Å². The van der Waals surface area contributed by atoms with Gasteiger partial charge in [0.1, 0.15) is 0 Å². The topological polar surface area (TPSA) is 15.3 Å². The highest BCUT2D eigenvalue weighted by Gasteiger charge is 2.37. The van der Waals surface area contributed by atoms with E-state index >= 15 is 0 Å². The van der Waals surface area contributed by atoms with E-state index in [0.717, 1.165) is 18.5 Å². The Morgan fingerprint density at radius 1 is 1.50 bits per heavy atom. The van der Waals surface area contributed by atoms with Gasteiger partial charge in [-0.1, -0.05) is 0 Å². The van der Waals surface area contributed by atoms with Crippen LogP contribution in [-0.2, 0) is 6.54 Å². The van der Waals surface area contributed by atoms with E-state index in [2.05, 4.69) is 34.0 Å². The average Bonchev–Trinajstić information content (AvgIpc) is 2.98. The molecule has 2 atom stereocenters. The van der Waals surface area contributed by atoms with E-state index in [0.29, 0.717) is 6.04 Å². The van der Waals surface area contributed by atoms with E-state index in [4.69, 9.17) is 0 Å². The van der Waals surface area contributed by atoms with Gasteiger partial charge < -0.3 is 5.32 Å². The minimum atomic E-state index is 0.647. The van der Waals surface area contributed by atoms with Gasteiger partial charge >= 0.3 is 0 Å². The van der Waals surface area contributed by atoms with E-state index in [1.54, 1.807) is 0 Å². The highest BCUT2D eigenvalue weighted by molar-refractivity contribution is 7.07. The fourth-order valence-electron chi connectivity index (χ4n) is 2.75. The van der Waals surface area contributed by atoms with Crippen LogP contribution >= 0.6 is 11.3 Å². The molecule has 88 valence electrons. The zero-order valence-corrected chi connectivity index (χ0v) is 10.7. The van der Waals surface area contributed by atoms with Gasteiger partial charge in [0.05, 0.1) is 0 Å². The molecule has 2 heterocycles. The Hall–Kier alpha value is -0.380. The number of nitrogens with one attached hydrogen (secondary N) is 1. The van der Waals surface area contributed by atoms with Gasteiger partial charge in [-0.05, 0) is 48.1 Å². The van der Waals surface area contributed by atoms with Crippen LogP contribution in [0, 0.1) is 5.92 Å². The Bertz CT molecular complexity index is 332. The lowest BCUT2D eigenvalue weighted by Gasteiger charge is -2.39. The Labute approximate surface area is 102 Å². The standard InChI is InChI=1S/C13H20N2S/c1-10-7-15(8-11-4-5-16-9-11)13(6-14-10)12-2-3-12/h4-5,9-10,12-14H,2-3,6-8H2,1H3. The predicted octanol–water partition coefficient (Wildman–Crippen LogP) is 2.32. The number of thiophene rings is 1. The molecule has 3 heteroatoms. The lowest BCUT2D eigenvalue weighted by molar-refractivity contribution is 0.112. The summed E-state index contributed by atoms with van der Waals surface area (Å²) in [5.74, 6) is 0.971. The first-order chi connectivity index (χ1) is 7.83. The second-order valence-electron chi connectivity index (χ2n) is 5.28. The Kier molecular flexibility index (Phi) is 3.01. The van der Waals surface area contributed by atoms with Gasteiger partial charge in [0.25, 0.3) is 0 Å². The summed E-state index contributed by atoms with van der Waals surface area (Å²) in [6, 6.07) is 3.70. The lowest BCUT2D eigenvalue weighted by Crippen LogP contribution is -2.55. The SMILES string of the molecule is CC1CN(Cc2ccsc2)C(C2CC2)CN1. The van der Waals surface area contributed by atoms with Gasteiger partial charge in [-0.3, -0.25) is 4.90 Å². The van der Waals surface area contributed by atoms with E-state index in [-0.39, 0.29) is 0 Å². The summed E-state index contributed by atoms with van der Waals surface area (Å²) in [5.41, 5.74) is 1.49. The average molecular weight is 236 g/mol. The predicted molar refractivity (Wildman–Crippen MR) is 68.7 cm³/mol. The molecule has 1 saturated carbocycles. The van der Waals surface area contributed by atoms with Gasteiger partial charge in [0.2, 0.25) is 0 Å². The van der Waals surface area contributed by atoms with Crippen molar-refractivity contribution in [3.8, 4) is 0 Å². The monoisotopic (exact) mass is 236 g/mol. The second kappa shape index (κ2) is 4.47. The maximum atomic E-state index is 3.62. The number of piperazine rings is 1. The van der Waals surface area contributed by atoms with Crippen LogP contribution in [0.15, 0.2) is 16.8 Å². The van der Waals surface area contributed by atoms with Crippen molar-refractivity contribution < 1.29 is 0 Å². The molecule has 1 saturated heterocycles. The molecule has 0 spiro atoms. The molecule has 2 fully saturated rings. The molecule has 1 N–H and O–H groups in total. The lowest BCUT2D eigenvalue weighted by atomic mass is 10.0. The van der Waals surface area contributed by atoms with Crippen LogP contribution in [-0.4, -0.2) is 30.1 Å². The van der Waals surface area contributed by atoms with Crippen molar-refractivity contribution >= 4 is 11.3 Å². The van der Waals surface area contributed by atoms with E-state index in [1.165, 1.54) is 31.5 Å². The molecular weight excluding hydrogens is 216 g/mol. The highest BCUT2D eigenvalue weighted by Crippen LogP contribution is 2.36. The molecule has 1 aromatic rings. The van der Waals surface area contributed by atoms with Gasteiger partial charge in [-0.2, -0.15) is 11.3 Å². The smallest absolute Gasteiger partial charge is 0.0253 e. The van der Waals surface area contributed by atoms with Gasteiger partial charge in [-0.25, -0.2) is 0 Å². The normalized spacial score (nSPS) is 31.8. The molecule has 3 rings (SSSR count). The molecule has 1 aromatic heterocycles. The van der Waals surface area contributed by atoms with Crippen molar-refractivity contribution in [1.82, 2.24) is 10.2 Å². The number of nitrogens with zero attached hydrogens (tertiary/aromatic N) is 1. The van der Waals surface area contributed by atoms with Crippen LogP contribution in [0.4, 0.5) is 0 Å².